The highest BCUT2D eigenvalue weighted by molar-refractivity contribution is 5.95. The number of hydrogen-bond donors (Lipinski definition) is 0. The van der Waals surface area contributed by atoms with E-state index in [0.717, 1.165) is 37.9 Å². The Morgan fingerprint density at radius 1 is 1.03 bits per heavy atom. The molecular formula is C28H36FN3O. The van der Waals surface area contributed by atoms with Crippen molar-refractivity contribution in [3.8, 4) is 0 Å². The van der Waals surface area contributed by atoms with Crippen LogP contribution in [0.2, 0.25) is 0 Å². The SMILES string of the molecule is Cc1cc(N2C[C@]3(CC[C@](c4ccccc4)(N(C)C)CC3)N(CC3CCC3)C2=O)ccc1F. The van der Waals surface area contributed by atoms with E-state index in [2.05, 4.69) is 54.2 Å². The van der Waals surface area contributed by atoms with Gasteiger partial charge in [0.15, 0.2) is 0 Å². The molecule has 0 aromatic heterocycles. The van der Waals surface area contributed by atoms with Crippen molar-refractivity contribution in [3.63, 3.8) is 0 Å². The maximum atomic E-state index is 13.9. The fourth-order valence-corrected chi connectivity index (χ4v) is 6.30. The number of benzene rings is 2. The van der Waals surface area contributed by atoms with Crippen molar-refractivity contribution in [2.45, 2.75) is 62.9 Å². The second kappa shape index (κ2) is 8.43. The van der Waals surface area contributed by atoms with Crippen LogP contribution in [-0.2, 0) is 5.54 Å². The van der Waals surface area contributed by atoms with Gasteiger partial charge in [0.2, 0.25) is 0 Å². The number of rotatable bonds is 5. The van der Waals surface area contributed by atoms with Gasteiger partial charge in [0.1, 0.15) is 5.82 Å². The van der Waals surface area contributed by atoms with Crippen molar-refractivity contribution < 1.29 is 9.18 Å². The summed E-state index contributed by atoms with van der Waals surface area (Å²) < 4.78 is 13.9. The van der Waals surface area contributed by atoms with Gasteiger partial charge < -0.3 is 4.90 Å². The molecule has 1 saturated heterocycles. The molecule has 1 aliphatic heterocycles. The van der Waals surface area contributed by atoms with E-state index < -0.39 is 0 Å². The Kier molecular flexibility index (Phi) is 5.72. The minimum atomic E-state index is -0.220. The average Bonchev–Trinajstić information content (AvgIpc) is 3.05. The van der Waals surface area contributed by atoms with Crippen LogP contribution in [0.25, 0.3) is 0 Å². The molecule has 0 N–H and O–H groups in total. The number of aryl methyl sites for hydroxylation is 1. The first-order chi connectivity index (χ1) is 15.8. The summed E-state index contributed by atoms with van der Waals surface area (Å²) in [4.78, 5) is 20.3. The lowest BCUT2D eigenvalue weighted by Gasteiger charge is -2.51. The maximum Gasteiger partial charge on any atom is 0.325 e. The van der Waals surface area contributed by atoms with Crippen LogP contribution < -0.4 is 4.90 Å². The van der Waals surface area contributed by atoms with Crippen LogP contribution in [0.1, 0.15) is 56.1 Å². The van der Waals surface area contributed by atoms with Gasteiger partial charge in [-0.1, -0.05) is 36.8 Å². The van der Waals surface area contributed by atoms with Crippen LogP contribution in [0.3, 0.4) is 0 Å². The number of nitrogens with zero attached hydrogens (tertiary/aromatic N) is 3. The third-order valence-corrected chi connectivity index (χ3v) is 8.78. The van der Waals surface area contributed by atoms with Crippen molar-refractivity contribution >= 4 is 11.7 Å². The number of urea groups is 1. The predicted octanol–water partition coefficient (Wildman–Crippen LogP) is 5.95. The summed E-state index contributed by atoms with van der Waals surface area (Å²) in [6.45, 7) is 3.32. The summed E-state index contributed by atoms with van der Waals surface area (Å²) >= 11 is 0. The minimum Gasteiger partial charge on any atom is -0.317 e. The first kappa shape index (κ1) is 22.4. The van der Waals surface area contributed by atoms with Crippen LogP contribution in [0.5, 0.6) is 0 Å². The fourth-order valence-electron chi connectivity index (χ4n) is 6.30. The highest BCUT2D eigenvalue weighted by atomic mass is 19.1. The molecule has 5 heteroatoms. The average molecular weight is 450 g/mol. The molecule has 0 bridgehead atoms. The van der Waals surface area contributed by atoms with Gasteiger partial charge in [-0.05, 0) is 94.8 Å². The Hall–Kier alpha value is -2.40. The molecule has 2 aromatic carbocycles. The number of carbonyl (C=O) groups excluding carboxylic acids is 1. The van der Waals surface area contributed by atoms with Crippen LogP contribution in [0, 0.1) is 18.7 Å². The summed E-state index contributed by atoms with van der Waals surface area (Å²) in [7, 11) is 4.37. The minimum absolute atomic E-state index is 0.00240. The van der Waals surface area contributed by atoms with E-state index in [4.69, 9.17) is 0 Å². The second-order valence-corrected chi connectivity index (χ2v) is 10.7. The highest BCUT2D eigenvalue weighted by Crippen LogP contribution is 2.50. The summed E-state index contributed by atoms with van der Waals surface area (Å²) in [6.07, 6.45) is 7.73. The van der Waals surface area contributed by atoms with Gasteiger partial charge >= 0.3 is 6.03 Å². The van der Waals surface area contributed by atoms with Gasteiger partial charge in [0.05, 0.1) is 12.1 Å². The van der Waals surface area contributed by atoms with Gasteiger partial charge in [0, 0.05) is 17.8 Å². The summed E-state index contributed by atoms with van der Waals surface area (Å²) in [6, 6.07) is 16.0. The van der Waals surface area contributed by atoms with Gasteiger partial charge in [-0.2, -0.15) is 0 Å². The van der Waals surface area contributed by atoms with Gasteiger partial charge in [-0.3, -0.25) is 9.80 Å². The van der Waals surface area contributed by atoms with Gasteiger partial charge in [-0.25, -0.2) is 9.18 Å². The quantitative estimate of drug-likeness (QED) is 0.564. The zero-order chi connectivity index (χ0) is 23.2. The molecule has 176 valence electrons. The van der Waals surface area contributed by atoms with E-state index in [9.17, 15) is 9.18 Å². The van der Waals surface area contributed by atoms with Crippen LogP contribution >= 0.6 is 0 Å². The van der Waals surface area contributed by atoms with Crippen molar-refractivity contribution in [3.05, 3.63) is 65.5 Å². The van der Waals surface area contributed by atoms with Crippen LogP contribution in [-0.4, -0.2) is 48.6 Å². The fraction of sp³-hybridized carbons (Fsp3) is 0.536. The Morgan fingerprint density at radius 2 is 1.73 bits per heavy atom. The number of amides is 2. The topological polar surface area (TPSA) is 26.8 Å². The molecule has 2 aromatic rings. The van der Waals surface area contributed by atoms with E-state index in [1.54, 1.807) is 13.0 Å². The molecule has 2 amide bonds. The molecule has 3 fully saturated rings. The summed E-state index contributed by atoms with van der Waals surface area (Å²) in [5.41, 5.74) is 2.62. The molecule has 2 aliphatic carbocycles. The lowest BCUT2D eigenvalue weighted by atomic mass is 9.68. The van der Waals surface area contributed by atoms with Crippen molar-refractivity contribution in [1.29, 1.82) is 0 Å². The van der Waals surface area contributed by atoms with Crippen molar-refractivity contribution in [1.82, 2.24) is 9.80 Å². The zero-order valence-corrected chi connectivity index (χ0v) is 20.2. The summed E-state index contributed by atoms with van der Waals surface area (Å²) in [5.74, 6) is 0.401. The predicted molar refractivity (Wildman–Crippen MR) is 131 cm³/mol. The van der Waals surface area contributed by atoms with Crippen molar-refractivity contribution in [2.24, 2.45) is 5.92 Å². The lowest BCUT2D eigenvalue weighted by molar-refractivity contribution is 0.0172. The zero-order valence-electron chi connectivity index (χ0n) is 20.2. The molecule has 0 radical (unpaired) electrons. The molecule has 2 saturated carbocycles. The Bertz CT molecular complexity index is 1010. The number of carbonyl (C=O) groups is 1. The molecular weight excluding hydrogens is 413 g/mol. The van der Waals surface area contributed by atoms with Gasteiger partial charge in [-0.15, -0.1) is 0 Å². The van der Waals surface area contributed by atoms with E-state index in [1.165, 1.54) is 30.9 Å². The number of anilines is 1. The Labute approximate surface area is 197 Å². The molecule has 33 heavy (non-hydrogen) atoms. The monoisotopic (exact) mass is 449 g/mol. The maximum absolute atomic E-state index is 13.9. The van der Waals surface area contributed by atoms with Crippen molar-refractivity contribution in [2.75, 3.05) is 32.1 Å². The molecule has 1 heterocycles. The molecule has 5 rings (SSSR count). The first-order valence-corrected chi connectivity index (χ1v) is 12.4. The third kappa shape index (κ3) is 3.74. The molecule has 1 spiro atoms. The molecule has 3 aliphatic rings. The van der Waals surface area contributed by atoms with E-state index in [0.29, 0.717) is 18.0 Å². The number of hydrogen-bond acceptors (Lipinski definition) is 2. The first-order valence-electron chi connectivity index (χ1n) is 12.4. The number of halogens is 1. The van der Waals surface area contributed by atoms with E-state index in [1.807, 2.05) is 11.0 Å². The lowest BCUT2D eigenvalue weighted by Crippen LogP contribution is -2.56. The normalized spacial score (nSPS) is 28.1. The van der Waals surface area contributed by atoms with Crippen LogP contribution in [0.15, 0.2) is 48.5 Å². The van der Waals surface area contributed by atoms with Crippen LogP contribution in [0.4, 0.5) is 14.9 Å². The third-order valence-electron chi connectivity index (χ3n) is 8.78. The van der Waals surface area contributed by atoms with E-state index in [-0.39, 0.29) is 22.9 Å². The highest BCUT2D eigenvalue weighted by Gasteiger charge is 2.55. The smallest absolute Gasteiger partial charge is 0.317 e. The standard InChI is InChI=1S/C28H36FN3O/c1-21-18-24(12-13-25(21)29)31-20-27(32(26(31)33)19-22-8-7-9-22)14-16-28(17-15-27,30(2)3)23-10-5-4-6-11-23/h4-6,10-13,18,22H,7-9,14-17,19-20H2,1-3H3/t27-,28+. The Morgan fingerprint density at radius 3 is 2.30 bits per heavy atom. The Balaban J connectivity index is 1.46. The molecule has 0 unspecified atom stereocenters. The largest absolute Gasteiger partial charge is 0.325 e. The second-order valence-electron chi connectivity index (χ2n) is 10.7. The molecule has 4 nitrogen and oxygen atoms in total. The van der Waals surface area contributed by atoms with E-state index >= 15 is 0 Å². The van der Waals surface area contributed by atoms with Gasteiger partial charge in [0.25, 0.3) is 0 Å². The summed E-state index contributed by atoms with van der Waals surface area (Å²) in [5, 5.41) is 0. The molecule has 0 atom stereocenters.